The van der Waals surface area contributed by atoms with E-state index in [9.17, 15) is 18.4 Å². The monoisotopic (exact) mass is 865 g/mol. The molecule has 2 heterocycles. The van der Waals surface area contributed by atoms with Crippen molar-refractivity contribution in [3.63, 3.8) is 0 Å². The lowest BCUT2D eigenvalue weighted by molar-refractivity contribution is 0.0517. The Balaban J connectivity index is 0.000000248. The summed E-state index contributed by atoms with van der Waals surface area (Å²) in [6, 6.07) is 12.5. The normalized spacial score (nSPS) is 10.3. The fourth-order valence-electron chi connectivity index (χ4n) is 3.59. The molecule has 15 heteroatoms. The van der Waals surface area contributed by atoms with E-state index in [4.69, 9.17) is 26.2 Å². The van der Waals surface area contributed by atoms with Gasteiger partial charge in [-0.25, -0.2) is 28.3 Å². The summed E-state index contributed by atoms with van der Waals surface area (Å²) in [6.45, 7) is 4.11. The minimum atomic E-state index is -0.549. The van der Waals surface area contributed by atoms with E-state index >= 15 is 0 Å². The maximum atomic E-state index is 14.1. The first-order valence-electron chi connectivity index (χ1n) is 13.3. The van der Waals surface area contributed by atoms with Gasteiger partial charge in [0, 0.05) is 32.1 Å². The number of nitrogens with zero attached hydrogens (tertiary/aromatic N) is 2. The number of benzene rings is 2. The molecule has 0 aliphatic carbocycles. The summed E-state index contributed by atoms with van der Waals surface area (Å²) in [6.07, 6.45) is 2.65. The molecule has 238 valence electrons. The number of rotatable bonds is 11. The standard InChI is InChI=1S/C16H17FIN3O3.C14H11ClFIN2O2/c1-2-24-16(23)11-9-20-15(19-5-6-22)8-14(11)21-13-4-3-10(18)7-12(13)17;1-2-21-14(20)9-7-18-13(15)6-12(9)19-11-4-3-8(17)5-10(11)16/h3-4,7-9,22H,2,5-6H2,1H3,(H2,19,20,21);3-7H,2H2,1H3,(H,18,19). The molecule has 45 heavy (non-hydrogen) atoms. The fourth-order valence-corrected chi connectivity index (χ4v) is 4.65. The van der Waals surface area contributed by atoms with Crippen molar-refractivity contribution in [2.75, 3.05) is 42.3 Å². The van der Waals surface area contributed by atoms with Crippen molar-refractivity contribution in [1.29, 1.82) is 0 Å². The molecule has 0 saturated heterocycles. The zero-order valence-electron chi connectivity index (χ0n) is 24.0. The van der Waals surface area contributed by atoms with E-state index < -0.39 is 23.6 Å². The second-order valence-corrected chi connectivity index (χ2v) is 11.6. The van der Waals surface area contributed by atoms with Gasteiger partial charge in [-0.15, -0.1) is 0 Å². The van der Waals surface area contributed by atoms with Gasteiger partial charge in [0.15, 0.2) is 0 Å². The molecule has 4 aromatic rings. The van der Waals surface area contributed by atoms with Crippen molar-refractivity contribution in [1.82, 2.24) is 9.97 Å². The number of aliphatic hydroxyl groups excluding tert-OH is 1. The lowest BCUT2D eigenvalue weighted by Gasteiger charge is -2.14. The predicted molar refractivity (Wildman–Crippen MR) is 186 cm³/mol. The third-order valence-corrected chi connectivity index (χ3v) is 7.13. The SMILES string of the molecule is CCOC(=O)c1cnc(Cl)cc1Nc1ccc(I)cc1F.CCOC(=O)c1cnc(NCCO)cc1Nc1ccc(I)cc1F. The molecule has 0 spiro atoms. The number of nitrogens with one attached hydrogen (secondary N) is 3. The van der Waals surface area contributed by atoms with Crippen molar-refractivity contribution >= 4 is 97.3 Å². The predicted octanol–water partition coefficient (Wildman–Crippen LogP) is 7.55. The summed E-state index contributed by atoms with van der Waals surface area (Å²) in [7, 11) is 0. The maximum absolute atomic E-state index is 14.1. The van der Waals surface area contributed by atoms with Gasteiger partial charge in [-0.3, -0.25) is 0 Å². The number of hydrogen-bond donors (Lipinski definition) is 4. The smallest absolute Gasteiger partial charge is 0.341 e. The molecular weight excluding hydrogens is 838 g/mol. The molecule has 4 rings (SSSR count). The summed E-state index contributed by atoms with van der Waals surface area (Å²) < 4.78 is 39.4. The van der Waals surface area contributed by atoms with Crippen LogP contribution in [0.15, 0.2) is 60.9 Å². The highest BCUT2D eigenvalue weighted by Crippen LogP contribution is 2.28. The molecule has 0 fully saturated rings. The Morgan fingerprint density at radius 2 is 1.29 bits per heavy atom. The van der Waals surface area contributed by atoms with Crippen molar-refractivity contribution < 1.29 is 33.0 Å². The molecule has 2 aromatic carbocycles. The van der Waals surface area contributed by atoms with Crippen LogP contribution in [0.2, 0.25) is 5.15 Å². The number of pyridine rings is 2. The van der Waals surface area contributed by atoms with Crippen LogP contribution in [-0.2, 0) is 9.47 Å². The van der Waals surface area contributed by atoms with E-state index in [0.717, 1.165) is 7.14 Å². The largest absolute Gasteiger partial charge is 0.462 e. The third kappa shape index (κ3) is 10.9. The van der Waals surface area contributed by atoms with Gasteiger partial charge in [0.1, 0.15) is 33.7 Å². The first-order valence-corrected chi connectivity index (χ1v) is 15.9. The highest BCUT2D eigenvalue weighted by molar-refractivity contribution is 14.1. The van der Waals surface area contributed by atoms with E-state index in [1.807, 2.05) is 45.2 Å². The Bertz CT molecular complexity index is 1650. The number of aromatic nitrogens is 2. The highest BCUT2D eigenvalue weighted by Gasteiger charge is 2.17. The fraction of sp³-hybridized carbons (Fsp3) is 0.200. The summed E-state index contributed by atoms with van der Waals surface area (Å²) >= 11 is 9.86. The van der Waals surface area contributed by atoms with Crippen molar-refractivity contribution in [2.45, 2.75) is 13.8 Å². The van der Waals surface area contributed by atoms with Gasteiger partial charge in [-0.05, 0) is 101 Å². The van der Waals surface area contributed by atoms with E-state index in [0.29, 0.717) is 23.7 Å². The number of carbonyl (C=O) groups is 2. The summed E-state index contributed by atoms with van der Waals surface area (Å²) in [5.74, 6) is -1.50. The van der Waals surface area contributed by atoms with Gasteiger partial charge >= 0.3 is 11.9 Å². The second kappa shape index (κ2) is 18.0. The molecule has 2 aromatic heterocycles. The van der Waals surface area contributed by atoms with Gasteiger partial charge in [0.05, 0.1) is 42.6 Å². The molecule has 0 unspecified atom stereocenters. The quantitative estimate of drug-likeness (QED) is 0.0681. The van der Waals surface area contributed by atoms with Crippen LogP contribution < -0.4 is 16.0 Å². The Labute approximate surface area is 290 Å². The van der Waals surface area contributed by atoms with Crippen molar-refractivity contribution in [3.8, 4) is 0 Å². The van der Waals surface area contributed by atoms with Gasteiger partial charge in [0.25, 0.3) is 0 Å². The molecule has 0 aliphatic heterocycles. The topological polar surface area (TPSA) is 135 Å². The Morgan fingerprint density at radius 3 is 1.76 bits per heavy atom. The molecular formula is C30H28ClF2I2N5O5. The van der Waals surface area contributed by atoms with Crippen LogP contribution in [0.1, 0.15) is 34.6 Å². The zero-order chi connectivity index (χ0) is 32.9. The summed E-state index contributed by atoms with van der Waals surface area (Å²) in [4.78, 5) is 31.9. The van der Waals surface area contributed by atoms with Crippen molar-refractivity contribution in [2.24, 2.45) is 0 Å². The van der Waals surface area contributed by atoms with E-state index in [-0.39, 0.29) is 47.5 Å². The molecule has 10 nitrogen and oxygen atoms in total. The Hall–Kier alpha value is -3.35. The highest BCUT2D eigenvalue weighted by atomic mass is 127. The number of halogens is 5. The molecule has 0 bridgehead atoms. The maximum Gasteiger partial charge on any atom is 0.341 e. The third-order valence-electron chi connectivity index (χ3n) is 5.58. The minimum absolute atomic E-state index is 0.0597. The first kappa shape index (κ1) is 36.1. The Morgan fingerprint density at radius 1 is 0.800 bits per heavy atom. The number of anilines is 5. The average Bonchev–Trinajstić information content (AvgIpc) is 2.99. The zero-order valence-corrected chi connectivity index (χ0v) is 29.0. The van der Waals surface area contributed by atoms with Crippen LogP contribution in [0.25, 0.3) is 0 Å². The van der Waals surface area contributed by atoms with Crippen LogP contribution in [0.3, 0.4) is 0 Å². The number of esters is 2. The molecule has 0 radical (unpaired) electrons. The summed E-state index contributed by atoms with van der Waals surface area (Å²) in [5, 5.41) is 17.7. The average molecular weight is 866 g/mol. The number of hydrogen-bond acceptors (Lipinski definition) is 10. The second-order valence-electron chi connectivity index (χ2n) is 8.76. The van der Waals surface area contributed by atoms with Gasteiger partial charge in [0.2, 0.25) is 0 Å². The molecule has 0 aliphatic rings. The van der Waals surface area contributed by atoms with Crippen molar-refractivity contribution in [3.05, 3.63) is 96.0 Å². The van der Waals surface area contributed by atoms with Crippen LogP contribution in [0.4, 0.5) is 37.3 Å². The van der Waals surface area contributed by atoms with Gasteiger partial charge in [-0.2, -0.15) is 0 Å². The number of ether oxygens (including phenoxy) is 2. The van der Waals surface area contributed by atoms with Crippen LogP contribution in [-0.4, -0.2) is 53.4 Å². The van der Waals surface area contributed by atoms with E-state index in [2.05, 4.69) is 25.9 Å². The van der Waals surface area contributed by atoms with E-state index in [1.165, 1.54) is 30.6 Å². The number of carbonyl (C=O) groups excluding carboxylic acids is 2. The summed E-state index contributed by atoms with van der Waals surface area (Å²) in [5.41, 5.74) is 1.57. The van der Waals surface area contributed by atoms with E-state index in [1.54, 1.807) is 44.2 Å². The lowest BCUT2D eigenvalue weighted by Crippen LogP contribution is -2.12. The molecule has 0 saturated carbocycles. The number of aliphatic hydroxyl groups is 1. The lowest BCUT2D eigenvalue weighted by atomic mass is 10.2. The van der Waals surface area contributed by atoms with Gasteiger partial charge < -0.3 is 30.5 Å². The van der Waals surface area contributed by atoms with Crippen LogP contribution in [0, 0.1) is 18.8 Å². The van der Waals surface area contributed by atoms with Crippen LogP contribution in [0.5, 0.6) is 0 Å². The minimum Gasteiger partial charge on any atom is -0.462 e. The molecule has 0 amide bonds. The Kier molecular flexibility index (Phi) is 14.4. The molecule has 0 atom stereocenters. The van der Waals surface area contributed by atoms with Crippen LogP contribution >= 0.6 is 56.8 Å². The first-order chi connectivity index (χ1) is 21.6. The molecule has 4 N–H and O–H groups in total. The van der Waals surface area contributed by atoms with Gasteiger partial charge in [-0.1, -0.05) is 11.6 Å².